The highest BCUT2D eigenvalue weighted by atomic mass is 79.9. The van der Waals surface area contributed by atoms with Gasteiger partial charge < -0.3 is 5.11 Å². The van der Waals surface area contributed by atoms with Gasteiger partial charge in [-0.1, -0.05) is 6.92 Å². The van der Waals surface area contributed by atoms with Crippen LogP contribution in [0.5, 0.6) is 0 Å². The van der Waals surface area contributed by atoms with Crippen LogP contribution in [0.2, 0.25) is 0 Å². The molecule has 0 radical (unpaired) electrons. The summed E-state index contributed by atoms with van der Waals surface area (Å²) in [4.78, 5) is 10.9. The van der Waals surface area contributed by atoms with Gasteiger partial charge in [0.15, 0.2) is 0 Å². The number of rotatable bonds is 4. The molecule has 0 aromatic carbocycles. The smallest absolute Gasteiger partial charge is 0.328 e. The SMILES string of the molecule is CC[C@@H](C(=O)O)n1nc(C(F)F)c(Br)c1C. The molecule has 0 spiro atoms. The van der Waals surface area contributed by atoms with Gasteiger partial charge in [0, 0.05) is 0 Å². The van der Waals surface area contributed by atoms with Gasteiger partial charge in [0.05, 0.1) is 10.2 Å². The fourth-order valence-electron chi connectivity index (χ4n) is 1.42. The highest BCUT2D eigenvalue weighted by Gasteiger charge is 2.26. The summed E-state index contributed by atoms with van der Waals surface area (Å²) in [7, 11) is 0. The van der Waals surface area contributed by atoms with Crippen LogP contribution in [-0.4, -0.2) is 20.9 Å². The van der Waals surface area contributed by atoms with Crippen molar-refractivity contribution in [3.8, 4) is 0 Å². The van der Waals surface area contributed by atoms with Crippen LogP contribution in [0, 0.1) is 6.92 Å². The molecule has 0 aliphatic heterocycles. The molecule has 1 atom stereocenters. The second-order valence-corrected chi connectivity index (χ2v) is 4.09. The summed E-state index contributed by atoms with van der Waals surface area (Å²) >= 11 is 2.99. The lowest BCUT2D eigenvalue weighted by Crippen LogP contribution is -2.20. The normalized spacial score (nSPS) is 13.1. The van der Waals surface area contributed by atoms with E-state index in [0.717, 1.165) is 4.68 Å². The minimum atomic E-state index is -2.72. The molecule has 0 saturated heterocycles. The van der Waals surface area contributed by atoms with Crippen LogP contribution in [0.4, 0.5) is 8.78 Å². The van der Waals surface area contributed by atoms with Crippen LogP contribution in [0.3, 0.4) is 0 Å². The number of alkyl halides is 2. The number of hydrogen-bond donors (Lipinski definition) is 1. The zero-order chi connectivity index (χ0) is 12.5. The van der Waals surface area contributed by atoms with Crippen molar-refractivity contribution in [2.24, 2.45) is 0 Å². The monoisotopic (exact) mass is 296 g/mol. The van der Waals surface area contributed by atoms with E-state index in [1.165, 1.54) is 0 Å². The molecule has 1 aromatic rings. The topological polar surface area (TPSA) is 55.1 Å². The summed E-state index contributed by atoms with van der Waals surface area (Å²) in [5, 5.41) is 12.6. The maximum absolute atomic E-state index is 12.5. The number of nitrogens with zero attached hydrogens (tertiary/aromatic N) is 2. The molecule has 7 heteroatoms. The summed E-state index contributed by atoms with van der Waals surface area (Å²) < 4.78 is 26.4. The highest BCUT2D eigenvalue weighted by molar-refractivity contribution is 9.10. The van der Waals surface area contributed by atoms with E-state index in [1.807, 2.05) is 0 Å². The molecule has 0 amide bonds. The van der Waals surface area contributed by atoms with Crippen molar-refractivity contribution in [2.75, 3.05) is 0 Å². The lowest BCUT2D eigenvalue weighted by Gasteiger charge is -2.12. The van der Waals surface area contributed by atoms with Gasteiger partial charge in [-0.15, -0.1) is 0 Å². The lowest BCUT2D eigenvalue weighted by atomic mass is 10.2. The van der Waals surface area contributed by atoms with E-state index >= 15 is 0 Å². The van der Waals surface area contributed by atoms with E-state index in [0.29, 0.717) is 5.69 Å². The highest BCUT2D eigenvalue weighted by Crippen LogP contribution is 2.31. The van der Waals surface area contributed by atoms with Crippen LogP contribution in [0.15, 0.2) is 4.47 Å². The standard InChI is InChI=1S/C9H11BrF2N2O2/c1-3-5(9(15)16)14-4(2)6(10)7(13-14)8(11)12/h5,8H,3H2,1-2H3,(H,15,16)/t5-/m0/s1. The number of carboxylic acids is 1. The summed E-state index contributed by atoms with van der Waals surface area (Å²) in [6.07, 6.45) is -2.44. The Morgan fingerprint density at radius 3 is 2.50 bits per heavy atom. The van der Waals surface area contributed by atoms with Crippen LogP contribution in [-0.2, 0) is 4.79 Å². The first-order valence-electron chi connectivity index (χ1n) is 4.65. The molecule has 1 heterocycles. The summed E-state index contributed by atoms with van der Waals surface area (Å²) in [6.45, 7) is 3.21. The van der Waals surface area contributed by atoms with Gasteiger partial charge in [0.25, 0.3) is 6.43 Å². The second-order valence-electron chi connectivity index (χ2n) is 3.29. The fraction of sp³-hybridized carbons (Fsp3) is 0.556. The Morgan fingerprint density at radius 1 is 1.62 bits per heavy atom. The molecule has 90 valence electrons. The van der Waals surface area contributed by atoms with E-state index in [-0.39, 0.29) is 10.9 Å². The molecular formula is C9H11BrF2N2O2. The third kappa shape index (κ3) is 2.23. The van der Waals surface area contributed by atoms with Crippen molar-refractivity contribution in [2.45, 2.75) is 32.7 Å². The Kier molecular flexibility index (Phi) is 4.01. The van der Waals surface area contributed by atoms with Crippen molar-refractivity contribution in [1.82, 2.24) is 9.78 Å². The molecule has 0 saturated carbocycles. The van der Waals surface area contributed by atoms with Crippen LogP contribution < -0.4 is 0 Å². The van der Waals surface area contributed by atoms with E-state index in [9.17, 15) is 13.6 Å². The lowest BCUT2D eigenvalue weighted by molar-refractivity contribution is -0.141. The van der Waals surface area contributed by atoms with Crippen LogP contribution in [0.25, 0.3) is 0 Å². The first kappa shape index (κ1) is 13.1. The van der Waals surface area contributed by atoms with E-state index < -0.39 is 24.1 Å². The largest absolute Gasteiger partial charge is 0.480 e. The third-order valence-corrected chi connectivity index (χ3v) is 3.26. The average Bonchev–Trinajstić information content (AvgIpc) is 2.47. The van der Waals surface area contributed by atoms with Gasteiger partial charge in [-0.05, 0) is 29.3 Å². The molecule has 4 nitrogen and oxygen atoms in total. The van der Waals surface area contributed by atoms with Crippen molar-refractivity contribution in [3.63, 3.8) is 0 Å². The summed E-state index contributed by atoms with van der Waals surface area (Å²) in [5.74, 6) is -1.08. The Labute approximate surface area is 99.4 Å². The van der Waals surface area contributed by atoms with Crippen molar-refractivity contribution < 1.29 is 18.7 Å². The third-order valence-electron chi connectivity index (χ3n) is 2.28. The Hall–Kier alpha value is -0.980. The average molecular weight is 297 g/mol. The number of carboxylic acid groups (broad SMARTS) is 1. The van der Waals surface area contributed by atoms with Gasteiger partial charge in [-0.3, -0.25) is 4.68 Å². The van der Waals surface area contributed by atoms with Crippen LogP contribution in [0.1, 0.15) is 37.2 Å². The summed E-state index contributed by atoms with van der Waals surface area (Å²) in [6, 6.07) is -0.913. The molecule has 1 N–H and O–H groups in total. The predicted molar refractivity (Wildman–Crippen MR) is 56.6 cm³/mol. The minimum Gasteiger partial charge on any atom is -0.480 e. The molecular weight excluding hydrogens is 286 g/mol. The number of carbonyl (C=O) groups is 1. The van der Waals surface area contributed by atoms with E-state index in [2.05, 4.69) is 21.0 Å². The van der Waals surface area contributed by atoms with E-state index in [4.69, 9.17) is 5.11 Å². The maximum atomic E-state index is 12.5. The Balaban J connectivity index is 3.24. The quantitative estimate of drug-likeness (QED) is 0.929. The Morgan fingerprint density at radius 2 is 2.19 bits per heavy atom. The first-order valence-corrected chi connectivity index (χ1v) is 5.44. The zero-order valence-electron chi connectivity index (χ0n) is 8.75. The minimum absolute atomic E-state index is 0.169. The van der Waals surface area contributed by atoms with Crippen molar-refractivity contribution in [3.05, 3.63) is 15.9 Å². The second kappa shape index (κ2) is 4.90. The first-order chi connectivity index (χ1) is 7.40. The van der Waals surface area contributed by atoms with Gasteiger partial charge in [-0.25, -0.2) is 13.6 Å². The number of halogens is 3. The number of aliphatic carboxylic acids is 1. The molecule has 0 fully saturated rings. The molecule has 1 aromatic heterocycles. The van der Waals surface area contributed by atoms with E-state index in [1.54, 1.807) is 13.8 Å². The number of aromatic nitrogens is 2. The van der Waals surface area contributed by atoms with Gasteiger partial charge in [0.2, 0.25) is 0 Å². The zero-order valence-corrected chi connectivity index (χ0v) is 10.3. The molecule has 0 aliphatic rings. The molecule has 0 bridgehead atoms. The Bertz CT molecular complexity index is 406. The van der Waals surface area contributed by atoms with Crippen LogP contribution >= 0.6 is 15.9 Å². The number of hydrogen-bond acceptors (Lipinski definition) is 2. The van der Waals surface area contributed by atoms with Gasteiger partial charge in [0.1, 0.15) is 11.7 Å². The van der Waals surface area contributed by atoms with Crippen molar-refractivity contribution >= 4 is 21.9 Å². The molecule has 0 aliphatic carbocycles. The molecule has 0 unspecified atom stereocenters. The van der Waals surface area contributed by atoms with Gasteiger partial charge >= 0.3 is 5.97 Å². The molecule has 1 rings (SSSR count). The molecule has 16 heavy (non-hydrogen) atoms. The predicted octanol–water partition coefficient (Wildman–Crippen LogP) is 2.93. The maximum Gasteiger partial charge on any atom is 0.328 e. The van der Waals surface area contributed by atoms with Crippen molar-refractivity contribution in [1.29, 1.82) is 0 Å². The fourth-order valence-corrected chi connectivity index (χ4v) is 1.85. The summed E-state index contributed by atoms with van der Waals surface area (Å²) in [5.41, 5.74) is -0.0262. The van der Waals surface area contributed by atoms with Gasteiger partial charge in [-0.2, -0.15) is 5.10 Å².